The van der Waals surface area contributed by atoms with Gasteiger partial charge in [0.25, 0.3) is 5.91 Å². The van der Waals surface area contributed by atoms with Gasteiger partial charge in [-0.1, -0.05) is 29.8 Å². The highest BCUT2D eigenvalue weighted by molar-refractivity contribution is 7.15. The Morgan fingerprint density at radius 3 is 2.86 bits per heavy atom. The second-order valence-corrected chi connectivity index (χ2v) is 6.38. The molecule has 1 aromatic carbocycles. The van der Waals surface area contributed by atoms with Crippen LogP contribution in [-0.2, 0) is 13.5 Å². The van der Waals surface area contributed by atoms with E-state index in [9.17, 15) is 4.79 Å². The Labute approximate surface area is 137 Å². The number of thiazole rings is 1. The van der Waals surface area contributed by atoms with Crippen molar-refractivity contribution in [3.05, 3.63) is 69.9 Å². The Bertz CT molecular complexity index is 809. The van der Waals surface area contributed by atoms with Crippen molar-refractivity contribution >= 4 is 34.0 Å². The molecule has 0 saturated carbocycles. The van der Waals surface area contributed by atoms with Crippen molar-refractivity contribution in [3.8, 4) is 0 Å². The van der Waals surface area contributed by atoms with Gasteiger partial charge in [0.05, 0.1) is 0 Å². The molecule has 3 aromatic rings. The van der Waals surface area contributed by atoms with Gasteiger partial charge in [0, 0.05) is 35.8 Å². The molecule has 0 spiro atoms. The lowest BCUT2D eigenvalue weighted by molar-refractivity contribution is 0.101. The number of benzene rings is 1. The van der Waals surface area contributed by atoms with Gasteiger partial charge in [0.15, 0.2) is 5.13 Å². The number of carbonyl (C=O) groups is 1. The minimum atomic E-state index is -0.161. The zero-order valence-electron chi connectivity index (χ0n) is 11.9. The highest BCUT2D eigenvalue weighted by Gasteiger charge is 2.12. The van der Waals surface area contributed by atoms with E-state index in [-0.39, 0.29) is 5.91 Å². The molecular formula is C16H14ClN3OS. The van der Waals surface area contributed by atoms with Gasteiger partial charge in [0.2, 0.25) is 0 Å². The van der Waals surface area contributed by atoms with Crippen LogP contribution in [0.5, 0.6) is 0 Å². The first kappa shape index (κ1) is 14.8. The van der Waals surface area contributed by atoms with Gasteiger partial charge in [-0.05, 0) is 23.8 Å². The van der Waals surface area contributed by atoms with E-state index < -0.39 is 0 Å². The van der Waals surface area contributed by atoms with Crippen LogP contribution in [0.2, 0.25) is 5.02 Å². The number of amides is 1. The predicted molar refractivity (Wildman–Crippen MR) is 89.7 cm³/mol. The summed E-state index contributed by atoms with van der Waals surface area (Å²) >= 11 is 7.62. The third kappa shape index (κ3) is 3.21. The molecule has 0 radical (unpaired) electrons. The number of aromatic nitrogens is 2. The van der Waals surface area contributed by atoms with Crippen molar-refractivity contribution in [2.24, 2.45) is 7.05 Å². The largest absolute Gasteiger partial charge is 0.347 e. The molecule has 0 unspecified atom stereocenters. The maximum atomic E-state index is 12.1. The highest BCUT2D eigenvalue weighted by Crippen LogP contribution is 2.24. The van der Waals surface area contributed by atoms with Crippen LogP contribution >= 0.6 is 22.9 Å². The van der Waals surface area contributed by atoms with E-state index in [0.717, 1.165) is 15.5 Å². The van der Waals surface area contributed by atoms with Crippen LogP contribution in [0.15, 0.2) is 48.8 Å². The molecule has 2 heterocycles. The minimum absolute atomic E-state index is 0.161. The summed E-state index contributed by atoms with van der Waals surface area (Å²) < 4.78 is 1.77. The maximum Gasteiger partial charge on any atom is 0.274 e. The van der Waals surface area contributed by atoms with Crippen LogP contribution in [0, 0.1) is 0 Å². The normalized spacial score (nSPS) is 10.6. The fraction of sp³-hybridized carbons (Fsp3) is 0.125. The maximum absolute atomic E-state index is 12.1. The molecule has 0 fully saturated rings. The van der Waals surface area contributed by atoms with Crippen molar-refractivity contribution in [2.45, 2.75) is 6.42 Å². The fourth-order valence-corrected chi connectivity index (χ4v) is 3.17. The van der Waals surface area contributed by atoms with E-state index in [0.29, 0.717) is 17.2 Å². The second kappa shape index (κ2) is 6.34. The van der Waals surface area contributed by atoms with Crippen LogP contribution in [0.3, 0.4) is 0 Å². The van der Waals surface area contributed by atoms with Gasteiger partial charge in [-0.2, -0.15) is 0 Å². The molecule has 0 aliphatic heterocycles. The van der Waals surface area contributed by atoms with Crippen molar-refractivity contribution < 1.29 is 4.79 Å². The summed E-state index contributed by atoms with van der Waals surface area (Å²) in [7, 11) is 1.83. The first-order valence-corrected chi connectivity index (χ1v) is 7.94. The van der Waals surface area contributed by atoms with Gasteiger partial charge in [-0.25, -0.2) is 4.98 Å². The summed E-state index contributed by atoms with van der Waals surface area (Å²) in [5.41, 5.74) is 1.65. The van der Waals surface area contributed by atoms with Crippen molar-refractivity contribution in [1.29, 1.82) is 0 Å². The molecule has 0 aliphatic rings. The van der Waals surface area contributed by atoms with E-state index >= 15 is 0 Å². The number of hydrogen-bond acceptors (Lipinski definition) is 3. The average molecular weight is 332 g/mol. The van der Waals surface area contributed by atoms with Crippen LogP contribution in [0.1, 0.15) is 20.9 Å². The molecule has 4 nitrogen and oxygen atoms in total. The Morgan fingerprint density at radius 1 is 1.32 bits per heavy atom. The number of anilines is 1. The van der Waals surface area contributed by atoms with Crippen molar-refractivity contribution in [3.63, 3.8) is 0 Å². The minimum Gasteiger partial charge on any atom is -0.347 e. The van der Waals surface area contributed by atoms with Crippen LogP contribution in [-0.4, -0.2) is 15.5 Å². The number of rotatable bonds is 4. The van der Waals surface area contributed by atoms with Gasteiger partial charge >= 0.3 is 0 Å². The van der Waals surface area contributed by atoms with Gasteiger partial charge in [-0.3, -0.25) is 10.1 Å². The average Bonchev–Trinajstić information content (AvgIpc) is 3.10. The summed E-state index contributed by atoms with van der Waals surface area (Å²) in [6.45, 7) is 0. The number of nitrogens with one attached hydrogen (secondary N) is 1. The molecule has 1 N–H and O–H groups in total. The van der Waals surface area contributed by atoms with Crippen LogP contribution < -0.4 is 5.32 Å². The summed E-state index contributed by atoms with van der Waals surface area (Å²) in [5, 5.41) is 4.15. The summed E-state index contributed by atoms with van der Waals surface area (Å²) in [6.07, 6.45) is 4.31. The molecule has 0 bridgehead atoms. The molecule has 112 valence electrons. The van der Waals surface area contributed by atoms with E-state index in [4.69, 9.17) is 11.6 Å². The standard InChI is InChI=1S/C16H14ClN3OS/c1-20-8-4-7-14(20)15(21)19-16-18-10-12(22-16)9-11-5-2-3-6-13(11)17/h2-8,10H,9H2,1H3,(H,18,19,21). The molecular weight excluding hydrogens is 318 g/mol. The lowest BCUT2D eigenvalue weighted by atomic mass is 10.1. The SMILES string of the molecule is Cn1cccc1C(=O)Nc1ncc(Cc2ccccc2Cl)s1. The van der Waals surface area contributed by atoms with Gasteiger partial charge in [-0.15, -0.1) is 11.3 Å². The van der Waals surface area contributed by atoms with E-state index in [2.05, 4.69) is 10.3 Å². The molecule has 0 aliphatic carbocycles. The summed E-state index contributed by atoms with van der Waals surface area (Å²) in [6, 6.07) is 11.3. The third-order valence-corrected chi connectivity index (χ3v) is 4.55. The monoisotopic (exact) mass is 331 g/mol. The summed E-state index contributed by atoms with van der Waals surface area (Å²) in [4.78, 5) is 17.4. The number of hydrogen-bond donors (Lipinski definition) is 1. The zero-order chi connectivity index (χ0) is 15.5. The first-order valence-electron chi connectivity index (χ1n) is 6.74. The van der Waals surface area contributed by atoms with E-state index in [1.54, 1.807) is 16.8 Å². The van der Waals surface area contributed by atoms with Gasteiger partial charge < -0.3 is 4.57 Å². The second-order valence-electron chi connectivity index (χ2n) is 4.86. The molecule has 6 heteroatoms. The van der Waals surface area contributed by atoms with E-state index in [1.165, 1.54) is 11.3 Å². The molecule has 3 rings (SSSR count). The fourth-order valence-electron chi connectivity index (χ4n) is 2.13. The van der Waals surface area contributed by atoms with Crippen molar-refractivity contribution in [2.75, 3.05) is 5.32 Å². The Balaban J connectivity index is 1.70. The topological polar surface area (TPSA) is 46.9 Å². The number of halogens is 1. The summed E-state index contributed by atoms with van der Waals surface area (Å²) in [5.74, 6) is -0.161. The lowest BCUT2D eigenvalue weighted by Gasteiger charge is -2.02. The first-order chi connectivity index (χ1) is 10.6. The quantitative estimate of drug-likeness (QED) is 0.786. The predicted octanol–water partition coefficient (Wildman–Crippen LogP) is 3.98. The zero-order valence-corrected chi connectivity index (χ0v) is 13.5. The molecule has 22 heavy (non-hydrogen) atoms. The van der Waals surface area contributed by atoms with E-state index in [1.807, 2.05) is 43.6 Å². The molecule has 0 atom stereocenters. The highest BCUT2D eigenvalue weighted by atomic mass is 35.5. The van der Waals surface area contributed by atoms with Crippen LogP contribution in [0.25, 0.3) is 0 Å². The Kier molecular flexibility index (Phi) is 4.27. The molecule has 1 amide bonds. The van der Waals surface area contributed by atoms with Crippen molar-refractivity contribution in [1.82, 2.24) is 9.55 Å². The third-order valence-electron chi connectivity index (χ3n) is 3.27. The van der Waals surface area contributed by atoms with Gasteiger partial charge in [0.1, 0.15) is 5.69 Å². The molecule has 0 saturated heterocycles. The number of aryl methyl sites for hydroxylation is 1. The Hall–Kier alpha value is -2.11. The number of nitrogens with zero attached hydrogens (tertiary/aromatic N) is 2. The molecule has 2 aromatic heterocycles. The Morgan fingerprint density at radius 2 is 2.14 bits per heavy atom. The lowest BCUT2D eigenvalue weighted by Crippen LogP contribution is -2.14. The van der Waals surface area contributed by atoms with Crippen LogP contribution in [0.4, 0.5) is 5.13 Å². The number of carbonyl (C=O) groups excluding carboxylic acids is 1. The smallest absolute Gasteiger partial charge is 0.274 e.